The fourth-order valence-electron chi connectivity index (χ4n) is 3.30. The van der Waals surface area contributed by atoms with Gasteiger partial charge in [-0.25, -0.2) is 8.42 Å². The van der Waals surface area contributed by atoms with E-state index in [1.807, 2.05) is 6.07 Å². The topological polar surface area (TPSA) is 101 Å². The standard InChI is InChI=1S/C22H17BrCl2N4O3S2/c23-14-7-9-16(22(30)26-10-2-3-13-6-8-15(24)12-17(13)25)19(11-14)29-34(31,32)20-5-1-4-18-21(20)28-33-27-18/h1,4-9,11-12,29H,2-3,10H2,(H,26,30). The first-order chi connectivity index (χ1) is 16.2. The van der Waals surface area contributed by atoms with Crippen LogP contribution in [0.3, 0.4) is 0 Å². The van der Waals surface area contributed by atoms with Crippen molar-refractivity contribution in [2.24, 2.45) is 0 Å². The summed E-state index contributed by atoms with van der Waals surface area (Å²) in [5.74, 6) is -0.402. The van der Waals surface area contributed by atoms with Crippen LogP contribution in [0.1, 0.15) is 22.3 Å². The number of anilines is 1. The predicted molar refractivity (Wildman–Crippen MR) is 139 cm³/mol. The lowest BCUT2D eigenvalue weighted by atomic mass is 10.1. The van der Waals surface area contributed by atoms with Crippen molar-refractivity contribution in [2.45, 2.75) is 17.7 Å². The molecule has 0 fully saturated rings. The number of amides is 1. The van der Waals surface area contributed by atoms with Gasteiger partial charge in [-0.3, -0.25) is 9.52 Å². The van der Waals surface area contributed by atoms with E-state index >= 15 is 0 Å². The Morgan fingerprint density at radius 3 is 2.68 bits per heavy atom. The number of halogens is 3. The summed E-state index contributed by atoms with van der Waals surface area (Å²) in [6.45, 7) is 0.379. The average Bonchev–Trinajstić information content (AvgIpc) is 3.26. The third kappa shape index (κ3) is 5.69. The Labute approximate surface area is 219 Å². The van der Waals surface area contributed by atoms with Gasteiger partial charge < -0.3 is 5.32 Å². The van der Waals surface area contributed by atoms with E-state index in [1.165, 1.54) is 6.07 Å². The Morgan fingerprint density at radius 2 is 1.88 bits per heavy atom. The SMILES string of the molecule is O=C(NCCCc1ccc(Cl)cc1Cl)c1ccc(Br)cc1NS(=O)(=O)c1cccc2nsnc12. The van der Waals surface area contributed by atoms with Crippen molar-refractivity contribution in [3.05, 3.63) is 80.2 Å². The number of nitrogens with zero attached hydrogens (tertiary/aromatic N) is 2. The first kappa shape index (κ1) is 24.9. The minimum atomic E-state index is -4.02. The number of hydrogen-bond donors (Lipinski definition) is 2. The van der Waals surface area contributed by atoms with Crippen LogP contribution in [0.4, 0.5) is 5.69 Å². The summed E-state index contributed by atoms with van der Waals surface area (Å²) in [6, 6.07) is 14.8. The van der Waals surface area contributed by atoms with E-state index in [1.54, 1.807) is 42.5 Å². The Morgan fingerprint density at radius 1 is 1.06 bits per heavy atom. The minimum Gasteiger partial charge on any atom is -0.352 e. The molecule has 1 heterocycles. The number of benzene rings is 3. The molecule has 34 heavy (non-hydrogen) atoms. The molecule has 0 unspecified atom stereocenters. The largest absolute Gasteiger partial charge is 0.352 e. The monoisotopic (exact) mass is 598 g/mol. The van der Waals surface area contributed by atoms with Gasteiger partial charge in [0.25, 0.3) is 15.9 Å². The lowest BCUT2D eigenvalue weighted by molar-refractivity contribution is 0.0954. The summed E-state index contributed by atoms with van der Waals surface area (Å²) in [6.07, 6.45) is 1.30. The summed E-state index contributed by atoms with van der Waals surface area (Å²) < 4.78 is 37.6. The second kappa shape index (κ2) is 10.6. The van der Waals surface area contributed by atoms with E-state index in [9.17, 15) is 13.2 Å². The van der Waals surface area contributed by atoms with Gasteiger partial charge in [0.15, 0.2) is 0 Å². The van der Waals surface area contributed by atoms with Gasteiger partial charge in [-0.05, 0) is 60.9 Å². The molecule has 0 aliphatic heterocycles. The molecule has 0 saturated carbocycles. The molecule has 0 atom stereocenters. The van der Waals surface area contributed by atoms with Crippen LogP contribution >= 0.6 is 50.9 Å². The van der Waals surface area contributed by atoms with Gasteiger partial charge in [0, 0.05) is 21.1 Å². The van der Waals surface area contributed by atoms with Crippen molar-refractivity contribution in [2.75, 3.05) is 11.3 Å². The number of rotatable bonds is 8. The zero-order chi connectivity index (χ0) is 24.3. The highest BCUT2D eigenvalue weighted by atomic mass is 79.9. The Balaban J connectivity index is 1.48. The van der Waals surface area contributed by atoms with Crippen LogP contribution in [0.25, 0.3) is 11.0 Å². The van der Waals surface area contributed by atoms with Crippen molar-refractivity contribution in [3.8, 4) is 0 Å². The van der Waals surface area contributed by atoms with Gasteiger partial charge in [-0.15, -0.1) is 0 Å². The van der Waals surface area contributed by atoms with Gasteiger partial charge in [-0.2, -0.15) is 8.75 Å². The molecule has 4 rings (SSSR count). The highest BCUT2D eigenvalue weighted by Gasteiger charge is 2.22. The van der Waals surface area contributed by atoms with Crippen LogP contribution in [0.15, 0.2) is 64.0 Å². The van der Waals surface area contributed by atoms with E-state index in [2.05, 4.69) is 34.7 Å². The number of aryl methyl sites for hydroxylation is 1. The first-order valence-corrected chi connectivity index (χ1v) is 13.8. The van der Waals surface area contributed by atoms with Crippen LogP contribution in [0, 0.1) is 0 Å². The second-order valence-corrected chi connectivity index (χ2v) is 11.2. The summed E-state index contributed by atoms with van der Waals surface area (Å²) >= 11 is 16.4. The lowest BCUT2D eigenvalue weighted by Gasteiger charge is -2.14. The number of hydrogen-bond acceptors (Lipinski definition) is 6. The molecule has 1 aromatic heterocycles. The third-order valence-electron chi connectivity index (χ3n) is 4.93. The fourth-order valence-corrected chi connectivity index (χ4v) is 6.00. The maximum atomic E-state index is 13.1. The zero-order valence-corrected chi connectivity index (χ0v) is 22.1. The molecule has 0 saturated heterocycles. The van der Waals surface area contributed by atoms with Gasteiger partial charge in [0.1, 0.15) is 15.9 Å². The average molecular weight is 600 g/mol. The Kier molecular flexibility index (Phi) is 7.73. The van der Waals surface area contributed by atoms with Crippen molar-refractivity contribution >= 4 is 83.5 Å². The summed E-state index contributed by atoms with van der Waals surface area (Å²) in [4.78, 5) is 12.9. The first-order valence-electron chi connectivity index (χ1n) is 10.0. The molecule has 176 valence electrons. The minimum absolute atomic E-state index is 0.00933. The number of nitrogens with one attached hydrogen (secondary N) is 2. The van der Waals surface area contributed by atoms with E-state index in [0.29, 0.717) is 39.4 Å². The smallest absolute Gasteiger partial charge is 0.264 e. The van der Waals surface area contributed by atoms with Crippen molar-refractivity contribution < 1.29 is 13.2 Å². The van der Waals surface area contributed by atoms with E-state index in [-0.39, 0.29) is 21.7 Å². The molecule has 2 N–H and O–H groups in total. The predicted octanol–water partition coefficient (Wildman–Crippen LogP) is 5.92. The highest BCUT2D eigenvalue weighted by molar-refractivity contribution is 9.10. The number of fused-ring (bicyclic) bond motifs is 1. The van der Waals surface area contributed by atoms with Crippen LogP contribution in [-0.2, 0) is 16.4 Å². The quantitative estimate of drug-likeness (QED) is 0.245. The van der Waals surface area contributed by atoms with Crippen molar-refractivity contribution in [1.82, 2.24) is 14.1 Å². The highest BCUT2D eigenvalue weighted by Crippen LogP contribution is 2.27. The van der Waals surface area contributed by atoms with Crippen LogP contribution in [0.5, 0.6) is 0 Å². The molecule has 0 aliphatic rings. The summed E-state index contributed by atoms with van der Waals surface area (Å²) in [5, 5.41) is 3.97. The van der Waals surface area contributed by atoms with E-state index in [4.69, 9.17) is 23.2 Å². The molecule has 7 nitrogen and oxygen atoms in total. The lowest BCUT2D eigenvalue weighted by Crippen LogP contribution is -2.26. The molecule has 0 aliphatic carbocycles. The Hall–Kier alpha value is -2.24. The molecule has 0 radical (unpaired) electrons. The number of carbonyl (C=O) groups excluding carboxylic acids is 1. The third-order valence-corrected chi connectivity index (χ3v) is 7.95. The van der Waals surface area contributed by atoms with Gasteiger partial charge in [-0.1, -0.05) is 51.3 Å². The van der Waals surface area contributed by atoms with Crippen LogP contribution < -0.4 is 10.0 Å². The maximum absolute atomic E-state index is 13.1. The molecule has 0 bridgehead atoms. The number of carbonyl (C=O) groups is 1. The normalized spacial score (nSPS) is 11.5. The van der Waals surface area contributed by atoms with Gasteiger partial charge >= 0.3 is 0 Å². The van der Waals surface area contributed by atoms with Crippen LogP contribution in [-0.4, -0.2) is 29.6 Å². The molecular formula is C22H17BrCl2N4O3S2. The molecule has 0 spiro atoms. The van der Waals surface area contributed by atoms with Crippen LogP contribution in [0.2, 0.25) is 10.0 Å². The summed E-state index contributed by atoms with van der Waals surface area (Å²) in [7, 11) is -4.02. The maximum Gasteiger partial charge on any atom is 0.264 e. The number of aromatic nitrogens is 2. The van der Waals surface area contributed by atoms with Crippen molar-refractivity contribution in [3.63, 3.8) is 0 Å². The van der Waals surface area contributed by atoms with E-state index < -0.39 is 15.9 Å². The number of sulfonamides is 1. The second-order valence-electron chi connectivity index (χ2n) is 7.28. The molecule has 12 heteroatoms. The zero-order valence-electron chi connectivity index (χ0n) is 17.4. The summed E-state index contributed by atoms with van der Waals surface area (Å²) in [5.41, 5.74) is 2.04. The molecule has 4 aromatic rings. The van der Waals surface area contributed by atoms with E-state index in [0.717, 1.165) is 17.3 Å². The molecular weight excluding hydrogens is 583 g/mol. The van der Waals surface area contributed by atoms with Gasteiger partial charge in [0.2, 0.25) is 0 Å². The molecule has 3 aromatic carbocycles. The fraction of sp³-hybridized carbons (Fsp3) is 0.136. The Bertz CT molecular complexity index is 1480. The van der Waals surface area contributed by atoms with Crippen molar-refractivity contribution in [1.29, 1.82) is 0 Å². The molecule has 1 amide bonds. The van der Waals surface area contributed by atoms with Gasteiger partial charge in [0.05, 0.1) is 23.0 Å².